The lowest BCUT2D eigenvalue weighted by Crippen LogP contribution is -2.30. The number of hydrogen-bond acceptors (Lipinski definition) is 3. The molecule has 0 N–H and O–H groups in total. The lowest BCUT2D eigenvalue weighted by atomic mass is 10.0. The largest absolute Gasteiger partial charge is 0.343 e. The van der Waals surface area contributed by atoms with Crippen LogP contribution in [0.5, 0.6) is 0 Å². The summed E-state index contributed by atoms with van der Waals surface area (Å²) in [5.41, 5.74) is 3.11. The van der Waals surface area contributed by atoms with Crippen molar-refractivity contribution < 1.29 is 9.18 Å². The molecule has 4 rings (SSSR count). The molecule has 4 nitrogen and oxygen atoms in total. The van der Waals surface area contributed by atoms with Gasteiger partial charge in [0.15, 0.2) is 0 Å². The maximum Gasteiger partial charge on any atom is 0.226 e. The Balaban J connectivity index is 1.49. The molecule has 0 saturated heterocycles. The van der Waals surface area contributed by atoms with Gasteiger partial charge in [-0.25, -0.2) is 9.37 Å². The molecule has 2 atom stereocenters. The Hall–Kier alpha value is -2.31. The first-order valence-corrected chi connectivity index (χ1v) is 11.0. The lowest BCUT2D eigenvalue weighted by molar-refractivity contribution is -0.131. The zero-order chi connectivity index (χ0) is 21.3. The second kappa shape index (κ2) is 8.82. The Labute approximate surface area is 185 Å². The topological polar surface area (TPSA) is 38.1 Å². The van der Waals surface area contributed by atoms with E-state index >= 15 is 0 Å². The Kier molecular flexibility index (Phi) is 6.16. The minimum absolute atomic E-state index is 0.0294. The Morgan fingerprint density at radius 1 is 1.23 bits per heavy atom. The highest BCUT2D eigenvalue weighted by atomic mass is 35.5. The molecule has 1 heterocycles. The average molecular weight is 444 g/mol. The van der Waals surface area contributed by atoms with Crippen molar-refractivity contribution in [3.05, 3.63) is 65.4 Å². The predicted molar refractivity (Wildman–Crippen MR) is 119 cm³/mol. The maximum atomic E-state index is 12.5. The van der Waals surface area contributed by atoms with Crippen molar-refractivity contribution in [2.45, 2.75) is 22.3 Å². The smallest absolute Gasteiger partial charge is 0.226 e. The highest BCUT2D eigenvalue weighted by molar-refractivity contribution is 7.99. The molecule has 2 aromatic carbocycles. The summed E-state index contributed by atoms with van der Waals surface area (Å²) in [6.45, 7) is -0.344. The van der Waals surface area contributed by atoms with E-state index in [1.165, 1.54) is 4.90 Å². The van der Waals surface area contributed by atoms with Crippen LogP contribution in [-0.4, -0.2) is 40.6 Å². The van der Waals surface area contributed by atoms with Crippen molar-refractivity contribution in [3.8, 4) is 11.3 Å². The number of halogens is 2. The molecule has 30 heavy (non-hydrogen) atoms. The highest BCUT2D eigenvalue weighted by Crippen LogP contribution is 2.48. The number of carbonyl (C=O) groups is 1. The van der Waals surface area contributed by atoms with Crippen LogP contribution in [-0.2, 0) is 11.8 Å². The quantitative estimate of drug-likeness (QED) is 0.489. The number of alkyl halides is 1. The molecular formula is C23H23ClFN3OS. The molecule has 0 spiro atoms. The van der Waals surface area contributed by atoms with E-state index in [1.807, 2.05) is 42.2 Å². The van der Waals surface area contributed by atoms with Gasteiger partial charge in [-0.3, -0.25) is 4.79 Å². The molecule has 1 saturated carbocycles. The van der Waals surface area contributed by atoms with Crippen molar-refractivity contribution in [3.63, 3.8) is 0 Å². The SMILES string of the molecule is CN(CCF)C(=O)[C@H]1C[C@@H]1c1ccc(-c2ncn(C)c2Sc2ccc(Cl)cc2)cc1. The fraction of sp³-hybridized carbons (Fsp3) is 0.304. The third kappa shape index (κ3) is 4.40. The highest BCUT2D eigenvalue weighted by Gasteiger charge is 2.45. The Bertz CT molecular complexity index is 1040. The van der Waals surface area contributed by atoms with Gasteiger partial charge < -0.3 is 9.47 Å². The van der Waals surface area contributed by atoms with Crippen molar-refractivity contribution in [1.82, 2.24) is 14.5 Å². The first-order valence-electron chi connectivity index (χ1n) is 9.84. The summed E-state index contributed by atoms with van der Waals surface area (Å²) in [4.78, 5) is 19.5. The molecule has 156 valence electrons. The zero-order valence-corrected chi connectivity index (χ0v) is 18.5. The van der Waals surface area contributed by atoms with E-state index in [1.54, 1.807) is 18.8 Å². The van der Waals surface area contributed by atoms with Gasteiger partial charge in [0.05, 0.1) is 6.33 Å². The summed E-state index contributed by atoms with van der Waals surface area (Å²) in [5.74, 6) is 0.228. The van der Waals surface area contributed by atoms with Crippen LogP contribution in [0.2, 0.25) is 5.02 Å². The van der Waals surface area contributed by atoms with Crippen LogP contribution in [0.15, 0.2) is 64.8 Å². The van der Waals surface area contributed by atoms with Crippen molar-refractivity contribution >= 4 is 29.3 Å². The van der Waals surface area contributed by atoms with Gasteiger partial charge in [0.2, 0.25) is 5.91 Å². The number of hydrogen-bond donors (Lipinski definition) is 0. The zero-order valence-electron chi connectivity index (χ0n) is 16.9. The summed E-state index contributed by atoms with van der Waals surface area (Å²) in [6, 6.07) is 16.0. The molecule has 7 heteroatoms. The van der Waals surface area contributed by atoms with Gasteiger partial charge in [0.1, 0.15) is 17.4 Å². The number of carbonyl (C=O) groups excluding carboxylic acids is 1. The minimum atomic E-state index is -0.505. The average Bonchev–Trinajstić information content (AvgIpc) is 3.47. The number of imidazole rings is 1. The Morgan fingerprint density at radius 2 is 1.93 bits per heavy atom. The number of rotatable bonds is 7. The molecule has 0 radical (unpaired) electrons. The van der Waals surface area contributed by atoms with Crippen LogP contribution in [0, 0.1) is 5.92 Å². The number of aryl methyl sites for hydroxylation is 1. The van der Waals surface area contributed by atoms with E-state index in [4.69, 9.17) is 11.6 Å². The normalized spacial score (nSPS) is 17.7. The number of benzene rings is 2. The van der Waals surface area contributed by atoms with E-state index in [0.717, 1.165) is 33.2 Å². The van der Waals surface area contributed by atoms with E-state index in [0.29, 0.717) is 5.02 Å². The molecule has 0 unspecified atom stereocenters. The molecule has 1 fully saturated rings. The van der Waals surface area contributed by atoms with Gasteiger partial charge in [-0.05, 0) is 42.2 Å². The fourth-order valence-electron chi connectivity index (χ4n) is 3.60. The standard InChI is InChI=1S/C23H23ClFN3OS/c1-27(12-11-25)22(29)20-13-19(20)15-3-5-16(6-4-15)21-23(28(2)14-26-21)30-18-9-7-17(24)8-10-18/h3-10,14,19-20H,11-13H2,1-2H3/t19-,20+/m1/s1. The summed E-state index contributed by atoms with van der Waals surface area (Å²) in [7, 11) is 3.65. The summed E-state index contributed by atoms with van der Waals surface area (Å²) in [5, 5.41) is 1.77. The van der Waals surface area contributed by atoms with Crippen LogP contribution in [0.25, 0.3) is 11.3 Å². The van der Waals surface area contributed by atoms with Gasteiger partial charge in [-0.15, -0.1) is 0 Å². The minimum Gasteiger partial charge on any atom is -0.343 e. The van der Waals surface area contributed by atoms with Gasteiger partial charge >= 0.3 is 0 Å². The third-order valence-electron chi connectivity index (χ3n) is 5.43. The van der Waals surface area contributed by atoms with Crippen LogP contribution in [0.3, 0.4) is 0 Å². The third-order valence-corrected chi connectivity index (χ3v) is 6.86. The molecule has 1 amide bonds. The van der Waals surface area contributed by atoms with E-state index in [9.17, 15) is 9.18 Å². The maximum absolute atomic E-state index is 12.5. The predicted octanol–water partition coefficient (Wildman–Crippen LogP) is 5.42. The molecular weight excluding hydrogens is 421 g/mol. The second-order valence-corrected chi connectivity index (χ2v) is 9.08. The monoisotopic (exact) mass is 443 g/mol. The molecule has 0 aliphatic heterocycles. The van der Waals surface area contributed by atoms with Crippen LogP contribution < -0.4 is 0 Å². The Morgan fingerprint density at radius 3 is 2.60 bits per heavy atom. The number of amides is 1. The lowest BCUT2D eigenvalue weighted by Gasteiger charge is -2.15. The summed E-state index contributed by atoms with van der Waals surface area (Å²) >= 11 is 7.64. The second-order valence-electron chi connectivity index (χ2n) is 7.58. The summed E-state index contributed by atoms with van der Waals surface area (Å²) in [6.07, 6.45) is 2.65. The van der Waals surface area contributed by atoms with Gasteiger partial charge in [-0.2, -0.15) is 0 Å². The van der Waals surface area contributed by atoms with E-state index in [-0.39, 0.29) is 24.3 Å². The molecule has 0 bridgehead atoms. The summed E-state index contributed by atoms with van der Waals surface area (Å²) < 4.78 is 14.5. The van der Waals surface area contributed by atoms with Crippen LogP contribution >= 0.6 is 23.4 Å². The van der Waals surface area contributed by atoms with Gasteiger partial charge in [-0.1, -0.05) is 47.6 Å². The van der Waals surface area contributed by atoms with Gasteiger partial charge in [0, 0.05) is 42.0 Å². The fourth-order valence-corrected chi connectivity index (χ4v) is 4.68. The molecule has 1 aliphatic rings. The first kappa shape index (κ1) is 20.9. The van der Waals surface area contributed by atoms with E-state index < -0.39 is 6.67 Å². The van der Waals surface area contributed by atoms with Crippen LogP contribution in [0.4, 0.5) is 4.39 Å². The first-order chi connectivity index (χ1) is 14.5. The van der Waals surface area contributed by atoms with Crippen molar-refractivity contribution in [2.24, 2.45) is 13.0 Å². The molecule has 1 aliphatic carbocycles. The molecule has 3 aromatic rings. The van der Waals surface area contributed by atoms with Crippen molar-refractivity contribution in [2.75, 3.05) is 20.3 Å². The number of nitrogens with zero attached hydrogens (tertiary/aromatic N) is 3. The molecule has 1 aromatic heterocycles. The van der Waals surface area contributed by atoms with Crippen molar-refractivity contribution in [1.29, 1.82) is 0 Å². The number of aromatic nitrogens is 2. The van der Waals surface area contributed by atoms with Crippen LogP contribution in [0.1, 0.15) is 17.9 Å². The van der Waals surface area contributed by atoms with Gasteiger partial charge in [0.25, 0.3) is 0 Å². The van der Waals surface area contributed by atoms with E-state index in [2.05, 4.69) is 29.2 Å².